The van der Waals surface area contributed by atoms with Crippen LogP contribution >= 0.6 is 11.3 Å². The molecule has 11 heteroatoms. The van der Waals surface area contributed by atoms with Crippen molar-refractivity contribution in [2.45, 2.75) is 13.2 Å². The number of nitrogens with one attached hydrogen (secondary N) is 1. The first-order valence-corrected chi connectivity index (χ1v) is 10.6. The third kappa shape index (κ3) is 5.63. The van der Waals surface area contributed by atoms with E-state index >= 15 is 0 Å². The maximum absolute atomic E-state index is 12.3. The molecular weight excluding hydrogens is 428 g/mol. The standard InChI is InChI=1S/C20H21F2N5O3S/c21-19(22)30-16-3-1-14(2-4-16)23-17(28)13-26-7-5-25(6-8-26)12-15-11-18(29)27-9-10-31-20(27)24-15/h1-4,9-11,19H,5-8,12-13H2,(H,23,28). The van der Waals surface area contributed by atoms with Gasteiger partial charge < -0.3 is 10.1 Å². The van der Waals surface area contributed by atoms with Crippen molar-refractivity contribution in [1.29, 1.82) is 0 Å². The summed E-state index contributed by atoms with van der Waals surface area (Å²) in [5.41, 5.74) is 1.19. The van der Waals surface area contributed by atoms with Crippen LogP contribution in [0.3, 0.4) is 0 Å². The Kier molecular flexibility index (Phi) is 6.54. The maximum atomic E-state index is 12.3. The minimum atomic E-state index is -2.88. The minimum absolute atomic E-state index is 0.0412. The lowest BCUT2D eigenvalue weighted by molar-refractivity contribution is -0.117. The summed E-state index contributed by atoms with van der Waals surface area (Å²) in [6, 6.07) is 7.38. The molecule has 3 heterocycles. The summed E-state index contributed by atoms with van der Waals surface area (Å²) in [5, 5.41) is 4.59. The summed E-state index contributed by atoms with van der Waals surface area (Å²) in [7, 11) is 0. The smallest absolute Gasteiger partial charge is 0.387 e. The first-order chi connectivity index (χ1) is 15.0. The van der Waals surface area contributed by atoms with Crippen LogP contribution in [-0.4, -0.2) is 64.4 Å². The zero-order valence-electron chi connectivity index (χ0n) is 16.5. The number of amides is 1. The number of benzene rings is 1. The van der Waals surface area contributed by atoms with Gasteiger partial charge in [0.05, 0.1) is 12.2 Å². The largest absolute Gasteiger partial charge is 0.435 e. The highest BCUT2D eigenvalue weighted by Gasteiger charge is 2.20. The zero-order valence-corrected chi connectivity index (χ0v) is 17.4. The Balaban J connectivity index is 1.24. The Hall–Kier alpha value is -2.89. The van der Waals surface area contributed by atoms with E-state index in [1.165, 1.54) is 40.0 Å². The lowest BCUT2D eigenvalue weighted by Crippen LogP contribution is -2.48. The summed E-state index contributed by atoms with van der Waals surface area (Å²) in [6.45, 7) is 0.913. The summed E-state index contributed by atoms with van der Waals surface area (Å²) in [5.74, 6) is -0.131. The summed E-state index contributed by atoms with van der Waals surface area (Å²) < 4.78 is 30.2. The third-order valence-electron chi connectivity index (χ3n) is 4.94. The molecule has 1 fully saturated rings. The molecule has 1 aliphatic heterocycles. The molecule has 0 saturated carbocycles. The van der Waals surface area contributed by atoms with Crippen LogP contribution in [0.4, 0.5) is 14.5 Å². The van der Waals surface area contributed by atoms with E-state index in [1.807, 2.05) is 10.3 Å². The molecule has 0 atom stereocenters. The average Bonchev–Trinajstić information content (AvgIpc) is 3.20. The molecule has 164 valence electrons. The van der Waals surface area contributed by atoms with Gasteiger partial charge in [-0.25, -0.2) is 4.98 Å². The molecule has 0 aliphatic carbocycles. The molecule has 0 spiro atoms. The van der Waals surface area contributed by atoms with Crippen molar-refractivity contribution in [3.8, 4) is 5.75 Å². The normalized spacial score (nSPS) is 15.5. The molecule has 1 aliphatic rings. The number of halogens is 2. The van der Waals surface area contributed by atoms with Gasteiger partial charge in [0.1, 0.15) is 5.75 Å². The van der Waals surface area contributed by atoms with Crippen LogP contribution in [0, 0.1) is 0 Å². The second-order valence-electron chi connectivity index (χ2n) is 7.14. The lowest BCUT2D eigenvalue weighted by atomic mass is 10.2. The van der Waals surface area contributed by atoms with Crippen molar-refractivity contribution in [3.63, 3.8) is 0 Å². The predicted molar refractivity (Wildman–Crippen MR) is 113 cm³/mol. The van der Waals surface area contributed by atoms with E-state index in [9.17, 15) is 18.4 Å². The molecule has 0 unspecified atom stereocenters. The van der Waals surface area contributed by atoms with E-state index < -0.39 is 6.61 Å². The van der Waals surface area contributed by atoms with Crippen LogP contribution in [0.15, 0.2) is 46.7 Å². The monoisotopic (exact) mass is 449 g/mol. The van der Waals surface area contributed by atoms with E-state index in [1.54, 1.807) is 12.3 Å². The van der Waals surface area contributed by atoms with Crippen molar-refractivity contribution in [1.82, 2.24) is 19.2 Å². The quantitative estimate of drug-likeness (QED) is 0.595. The van der Waals surface area contributed by atoms with Crippen molar-refractivity contribution < 1.29 is 18.3 Å². The maximum Gasteiger partial charge on any atom is 0.387 e. The number of nitrogens with zero attached hydrogens (tertiary/aromatic N) is 4. The first kappa shape index (κ1) is 21.3. The van der Waals surface area contributed by atoms with Crippen LogP contribution in [0.5, 0.6) is 5.75 Å². The number of alkyl halides is 2. The zero-order chi connectivity index (χ0) is 21.8. The fourth-order valence-electron chi connectivity index (χ4n) is 3.43. The van der Waals surface area contributed by atoms with Crippen LogP contribution in [0.1, 0.15) is 5.69 Å². The van der Waals surface area contributed by atoms with Gasteiger partial charge in [0, 0.05) is 56.1 Å². The van der Waals surface area contributed by atoms with Gasteiger partial charge in [0.15, 0.2) is 4.96 Å². The summed E-state index contributed by atoms with van der Waals surface area (Å²) >= 11 is 1.43. The molecule has 31 heavy (non-hydrogen) atoms. The highest BCUT2D eigenvalue weighted by atomic mass is 32.1. The van der Waals surface area contributed by atoms with Crippen molar-refractivity contribution in [2.75, 3.05) is 38.0 Å². The van der Waals surface area contributed by atoms with Crippen LogP contribution < -0.4 is 15.6 Å². The second-order valence-corrected chi connectivity index (χ2v) is 8.02. The molecule has 4 rings (SSSR count). The molecule has 3 aromatic rings. The average molecular weight is 449 g/mol. The fraction of sp³-hybridized carbons (Fsp3) is 0.350. The Morgan fingerprint density at radius 3 is 2.58 bits per heavy atom. The van der Waals surface area contributed by atoms with Gasteiger partial charge in [0.2, 0.25) is 5.91 Å². The Morgan fingerprint density at radius 2 is 1.87 bits per heavy atom. The van der Waals surface area contributed by atoms with Crippen LogP contribution in [0.2, 0.25) is 0 Å². The number of aromatic nitrogens is 2. The molecule has 1 amide bonds. The lowest BCUT2D eigenvalue weighted by Gasteiger charge is -2.34. The number of carbonyl (C=O) groups is 1. The van der Waals surface area contributed by atoms with Gasteiger partial charge in [-0.2, -0.15) is 8.78 Å². The molecule has 0 bridgehead atoms. The summed E-state index contributed by atoms with van der Waals surface area (Å²) in [4.78, 5) is 33.9. The van der Waals surface area contributed by atoms with Crippen molar-refractivity contribution in [3.05, 3.63) is 58.0 Å². The first-order valence-electron chi connectivity index (χ1n) is 9.71. The Labute approximate surface area is 180 Å². The molecule has 0 radical (unpaired) electrons. The molecule has 2 aromatic heterocycles. The van der Waals surface area contributed by atoms with E-state index in [0.717, 1.165) is 31.9 Å². The van der Waals surface area contributed by atoms with E-state index in [-0.39, 0.29) is 23.8 Å². The number of fused-ring (bicyclic) bond motifs is 1. The van der Waals surface area contributed by atoms with E-state index in [0.29, 0.717) is 17.2 Å². The Morgan fingerprint density at radius 1 is 1.16 bits per heavy atom. The van der Waals surface area contributed by atoms with Gasteiger partial charge in [0.25, 0.3) is 5.56 Å². The van der Waals surface area contributed by atoms with Crippen LogP contribution in [-0.2, 0) is 11.3 Å². The number of hydrogen-bond acceptors (Lipinski definition) is 7. The SMILES string of the molecule is O=C(CN1CCN(Cc2cc(=O)n3ccsc3n2)CC1)Nc1ccc(OC(F)F)cc1. The number of piperazine rings is 1. The minimum Gasteiger partial charge on any atom is -0.435 e. The Bertz CT molecular complexity index is 1090. The number of anilines is 1. The molecule has 1 aromatic carbocycles. The fourth-order valence-corrected chi connectivity index (χ4v) is 4.17. The predicted octanol–water partition coefficient (Wildman–Crippen LogP) is 2.11. The van der Waals surface area contributed by atoms with Gasteiger partial charge in [-0.05, 0) is 24.3 Å². The molecular formula is C20H21F2N5O3S. The number of ether oxygens (including phenoxy) is 1. The van der Waals surface area contributed by atoms with Gasteiger partial charge in [-0.1, -0.05) is 0 Å². The molecule has 1 saturated heterocycles. The third-order valence-corrected chi connectivity index (χ3v) is 5.69. The van der Waals surface area contributed by atoms with Crippen molar-refractivity contribution in [2.24, 2.45) is 0 Å². The number of hydrogen-bond donors (Lipinski definition) is 1. The van der Waals surface area contributed by atoms with E-state index in [4.69, 9.17) is 0 Å². The highest BCUT2D eigenvalue weighted by Crippen LogP contribution is 2.18. The topological polar surface area (TPSA) is 79.2 Å². The molecule has 1 N–H and O–H groups in total. The summed E-state index contributed by atoms with van der Waals surface area (Å²) in [6.07, 6.45) is 1.72. The molecule has 8 nitrogen and oxygen atoms in total. The van der Waals surface area contributed by atoms with Gasteiger partial charge in [-0.3, -0.25) is 23.8 Å². The van der Waals surface area contributed by atoms with Crippen LogP contribution in [0.25, 0.3) is 4.96 Å². The number of thiazole rings is 1. The van der Waals surface area contributed by atoms with E-state index in [2.05, 4.69) is 19.9 Å². The number of rotatable bonds is 7. The van der Waals surface area contributed by atoms with Crippen molar-refractivity contribution >= 4 is 27.9 Å². The van der Waals surface area contributed by atoms with Gasteiger partial charge in [-0.15, -0.1) is 11.3 Å². The second kappa shape index (κ2) is 9.50. The highest BCUT2D eigenvalue weighted by molar-refractivity contribution is 7.15. The van der Waals surface area contributed by atoms with Gasteiger partial charge >= 0.3 is 6.61 Å². The number of carbonyl (C=O) groups excluding carboxylic acids is 1.